The third kappa shape index (κ3) is 7.42. The Hall–Kier alpha value is -5.00. The van der Waals surface area contributed by atoms with Crippen molar-refractivity contribution in [1.82, 2.24) is 0 Å². The molecule has 2 nitrogen and oxygen atoms in total. The second kappa shape index (κ2) is 13.6. The standard InChI is InChI=1S/C36H24F10O2/c1-2-3-14-47-24-9-4-20(5-10-24)21-6-11-26(29(37)15-21)22-7-12-27(30(38)16-22)23-8-13-28(31(39)17-23)36(45,46)48-25-18-32(40)34(33(41)19-25)35(42,43)44/h4-13,15-19H,2-3,14H2,1H3. The number of rotatable bonds is 10. The van der Waals surface area contributed by atoms with Gasteiger partial charge < -0.3 is 9.47 Å². The summed E-state index contributed by atoms with van der Waals surface area (Å²) in [6.07, 6.45) is -8.13. The third-order valence-electron chi connectivity index (χ3n) is 7.34. The number of hydrogen-bond acceptors (Lipinski definition) is 2. The van der Waals surface area contributed by atoms with E-state index in [0.29, 0.717) is 30.1 Å². The predicted molar refractivity (Wildman–Crippen MR) is 159 cm³/mol. The normalized spacial score (nSPS) is 11.9. The molecule has 5 aromatic rings. The Morgan fingerprint density at radius 1 is 0.521 bits per heavy atom. The monoisotopic (exact) mass is 678 g/mol. The van der Waals surface area contributed by atoms with Crippen molar-refractivity contribution in [2.75, 3.05) is 6.61 Å². The van der Waals surface area contributed by atoms with Crippen molar-refractivity contribution >= 4 is 0 Å². The molecule has 0 radical (unpaired) electrons. The maximum Gasteiger partial charge on any atom is 0.429 e. The predicted octanol–water partition coefficient (Wildman–Crippen LogP) is 11.7. The summed E-state index contributed by atoms with van der Waals surface area (Å²) >= 11 is 0. The first-order valence-corrected chi connectivity index (χ1v) is 14.4. The molecule has 0 heterocycles. The smallest absolute Gasteiger partial charge is 0.429 e. The average Bonchev–Trinajstić information content (AvgIpc) is 3.00. The quantitative estimate of drug-likeness (QED) is 0.108. The first-order valence-electron chi connectivity index (χ1n) is 14.4. The molecule has 0 N–H and O–H groups in total. The Morgan fingerprint density at radius 2 is 1.02 bits per heavy atom. The summed E-state index contributed by atoms with van der Waals surface area (Å²) in [5.74, 6) is -8.26. The van der Waals surface area contributed by atoms with Crippen molar-refractivity contribution in [3.63, 3.8) is 0 Å². The van der Waals surface area contributed by atoms with Crippen LogP contribution in [0.25, 0.3) is 33.4 Å². The largest absolute Gasteiger partial charge is 0.494 e. The van der Waals surface area contributed by atoms with E-state index in [1.165, 1.54) is 24.3 Å². The Balaban J connectivity index is 1.34. The Labute approximate surface area is 268 Å². The molecule has 0 saturated heterocycles. The van der Waals surface area contributed by atoms with E-state index in [9.17, 15) is 35.1 Å². The summed E-state index contributed by atoms with van der Waals surface area (Å²) in [5.41, 5.74) is -2.66. The van der Waals surface area contributed by atoms with Gasteiger partial charge in [0.25, 0.3) is 0 Å². The third-order valence-corrected chi connectivity index (χ3v) is 7.34. The lowest BCUT2D eigenvalue weighted by Crippen LogP contribution is -2.24. The Bertz CT molecular complexity index is 1910. The van der Waals surface area contributed by atoms with Gasteiger partial charge >= 0.3 is 12.3 Å². The van der Waals surface area contributed by atoms with Crippen molar-refractivity contribution in [3.8, 4) is 44.9 Å². The highest BCUT2D eigenvalue weighted by Crippen LogP contribution is 2.40. The maximum atomic E-state index is 15.2. The van der Waals surface area contributed by atoms with Gasteiger partial charge in [-0.1, -0.05) is 55.8 Å². The average molecular weight is 679 g/mol. The van der Waals surface area contributed by atoms with Crippen molar-refractivity contribution in [2.45, 2.75) is 32.1 Å². The molecule has 0 aliphatic heterocycles. The summed E-state index contributed by atoms with van der Waals surface area (Å²) in [7, 11) is 0. The van der Waals surface area contributed by atoms with Gasteiger partial charge in [0.15, 0.2) is 0 Å². The van der Waals surface area contributed by atoms with Gasteiger partial charge in [-0.3, -0.25) is 0 Å². The molecular formula is C36H24F10O2. The van der Waals surface area contributed by atoms with E-state index in [0.717, 1.165) is 30.5 Å². The van der Waals surface area contributed by atoms with Crippen LogP contribution in [0.2, 0.25) is 0 Å². The van der Waals surface area contributed by atoms with E-state index in [2.05, 4.69) is 11.7 Å². The highest BCUT2D eigenvalue weighted by Gasteiger charge is 2.41. The van der Waals surface area contributed by atoms with E-state index in [1.807, 2.05) is 0 Å². The second-order valence-electron chi connectivity index (χ2n) is 10.7. The fourth-order valence-electron chi connectivity index (χ4n) is 4.92. The van der Waals surface area contributed by atoms with Crippen LogP contribution in [-0.2, 0) is 12.3 Å². The minimum atomic E-state index is -5.44. The molecule has 5 aromatic carbocycles. The van der Waals surface area contributed by atoms with Crippen LogP contribution in [0.3, 0.4) is 0 Å². The van der Waals surface area contributed by atoms with Gasteiger partial charge in [0.2, 0.25) is 0 Å². The van der Waals surface area contributed by atoms with Crippen molar-refractivity contribution < 1.29 is 53.4 Å². The summed E-state index contributed by atoms with van der Waals surface area (Å²) in [4.78, 5) is 0. The second-order valence-corrected chi connectivity index (χ2v) is 10.7. The number of ether oxygens (including phenoxy) is 2. The van der Waals surface area contributed by atoms with Gasteiger partial charge in [-0.15, -0.1) is 0 Å². The zero-order chi connectivity index (χ0) is 34.8. The number of benzene rings is 5. The van der Waals surface area contributed by atoms with E-state index >= 15 is 8.78 Å². The summed E-state index contributed by atoms with van der Waals surface area (Å²) in [6.45, 7) is 2.64. The fourth-order valence-corrected chi connectivity index (χ4v) is 4.92. The highest BCUT2D eigenvalue weighted by atomic mass is 19.4. The van der Waals surface area contributed by atoms with Gasteiger partial charge in [0.05, 0.1) is 12.2 Å². The number of halogens is 10. The fraction of sp³-hybridized carbons (Fsp3) is 0.167. The van der Waals surface area contributed by atoms with Gasteiger partial charge in [0, 0.05) is 23.3 Å². The lowest BCUT2D eigenvalue weighted by molar-refractivity contribution is -0.187. The SMILES string of the molecule is CCCCOc1ccc(-c2ccc(-c3ccc(-c4ccc(C(F)(F)Oc5cc(F)c(C(F)(F)F)c(F)c5)c(F)c4)c(F)c3)c(F)c2)cc1. The van der Waals surface area contributed by atoms with Crippen LogP contribution in [0.4, 0.5) is 43.9 Å². The molecule has 0 atom stereocenters. The molecule has 5 rings (SSSR count). The summed E-state index contributed by atoms with van der Waals surface area (Å²) < 4.78 is 151. The van der Waals surface area contributed by atoms with E-state index < -0.39 is 58.2 Å². The minimum absolute atomic E-state index is 0.0678. The lowest BCUT2D eigenvalue weighted by atomic mass is 9.96. The van der Waals surface area contributed by atoms with Gasteiger partial charge in [-0.2, -0.15) is 22.0 Å². The van der Waals surface area contributed by atoms with Crippen LogP contribution < -0.4 is 9.47 Å². The number of alkyl halides is 5. The minimum Gasteiger partial charge on any atom is -0.494 e. The molecule has 0 aliphatic rings. The van der Waals surface area contributed by atoms with Crippen molar-refractivity contribution in [3.05, 3.63) is 131 Å². The molecule has 0 saturated carbocycles. The maximum absolute atomic E-state index is 15.2. The Morgan fingerprint density at radius 3 is 1.54 bits per heavy atom. The molecule has 48 heavy (non-hydrogen) atoms. The topological polar surface area (TPSA) is 18.5 Å². The molecule has 0 amide bonds. The van der Waals surface area contributed by atoms with E-state index in [1.54, 1.807) is 30.3 Å². The zero-order valence-corrected chi connectivity index (χ0v) is 24.9. The van der Waals surface area contributed by atoms with Crippen LogP contribution in [0, 0.1) is 29.1 Å². The van der Waals surface area contributed by atoms with Crippen LogP contribution in [-0.4, -0.2) is 6.61 Å². The zero-order valence-electron chi connectivity index (χ0n) is 24.9. The van der Waals surface area contributed by atoms with Crippen LogP contribution in [0.5, 0.6) is 11.5 Å². The molecule has 250 valence electrons. The molecule has 0 aromatic heterocycles. The van der Waals surface area contributed by atoms with Crippen molar-refractivity contribution in [2.24, 2.45) is 0 Å². The van der Waals surface area contributed by atoms with Crippen LogP contribution in [0.15, 0.2) is 91.0 Å². The molecule has 12 heteroatoms. The highest BCUT2D eigenvalue weighted by molar-refractivity contribution is 5.74. The van der Waals surface area contributed by atoms with Crippen LogP contribution in [0.1, 0.15) is 30.9 Å². The first-order chi connectivity index (χ1) is 22.7. The summed E-state index contributed by atoms with van der Waals surface area (Å²) in [5, 5.41) is 0. The molecule has 0 spiro atoms. The van der Waals surface area contributed by atoms with Gasteiger partial charge in [-0.05, 0) is 65.1 Å². The molecular weight excluding hydrogens is 654 g/mol. The number of hydrogen-bond donors (Lipinski definition) is 0. The summed E-state index contributed by atoms with van der Waals surface area (Å²) in [6, 6.07) is 16.8. The van der Waals surface area contributed by atoms with Crippen LogP contribution >= 0.6 is 0 Å². The number of unbranched alkanes of at least 4 members (excludes halogenated alkanes) is 1. The van der Waals surface area contributed by atoms with Gasteiger partial charge in [0.1, 0.15) is 46.1 Å². The molecule has 0 unspecified atom stereocenters. The lowest BCUT2D eigenvalue weighted by Gasteiger charge is -2.20. The molecule has 0 aliphatic carbocycles. The van der Waals surface area contributed by atoms with E-state index in [4.69, 9.17) is 4.74 Å². The first kappa shape index (κ1) is 34.3. The molecule has 0 fully saturated rings. The van der Waals surface area contributed by atoms with E-state index in [-0.39, 0.29) is 34.4 Å². The Kier molecular flexibility index (Phi) is 9.74. The molecule has 0 bridgehead atoms. The van der Waals surface area contributed by atoms with Gasteiger partial charge in [-0.25, -0.2) is 22.0 Å². The van der Waals surface area contributed by atoms with Crippen molar-refractivity contribution in [1.29, 1.82) is 0 Å².